The smallest absolute Gasteiger partial charge is 0.218 e. The molecule has 94 valence electrons. The molecule has 0 unspecified atom stereocenters. The summed E-state index contributed by atoms with van der Waals surface area (Å²) in [5.74, 6) is -0.670. The second-order valence-electron chi connectivity index (χ2n) is 4.19. The van der Waals surface area contributed by atoms with Gasteiger partial charge in [0, 0.05) is 13.1 Å². The maximum Gasteiger partial charge on any atom is 0.218 e. The van der Waals surface area contributed by atoms with E-state index in [-0.39, 0.29) is 12.3 Å². The number of hydrogen-bond acceptors (Lipinski definition) is 3. The molecular formula is C11H14FNO3S. The van der Waals surface area contributed by atoms with Crippen molar-refractivity contribution < 1.29 is 17.9 Å². The van der Waals surface area contributed by atoms with Crippen LogP contribution in [0.4, 0.5) is 4.39 Å². The molecule has 0 amide bonds. The van der Waals surface area contributed by atoms with Gasteiger partial charge in [-0.15, -0.1) is 0 Å². The zero-order valence-corrected chi connectivity index (χ0v) is 10.0. The molecule has 1 heterocycles. The van der Waals surface area contributed by atoms with E-state index >= 15 is 0 Å². The lowest BCUT2D eigenvalue weighted by molar-refractivity contribution is 0.189. The Kier molecular flexibility index (Phi) is 3.46. The van der Waals surface area contributed by atoms with E-state index in [0.717, 1.165) is 0 Å². The molecule has 1 aliphatic rings. The largest absolute Gasteiger partial charge is 0.392 e. The number of rotatable bonds is 3. The number of benzene rings is 1. The fraction of sp³-hybridized carbons (Fsp3) is 0.455. The molecule has 0 saturated carbocycles. The fourth-order valence-corrected chi connectivity index (χ4v) is 3.46. The summed E-state index contributed by atoms with van der Waals surface area (Å²) in [4.78, 5) is 0. The van der Waals surface area contributed by atoms with Crippen LogP contribution in [0, 0.1) is 5.82 Å². The Hall–Kier alpha value is -0.980. The molecule has 0 radical (unpaired) electrons. The third-order valence-electron chi connectivity index (χ3n) is 2.76. The lowest BCUT2D eigenvalue weighted by Gasteiger charge is -2.15. The van der Waals surface area contributed by atoms with E-state index in [1.165, 1.54) is 22.5 Å². The van der Waals surface area contributed by atoms with Crippen molar-refractivity contribution in [2.24, 2.45) is 0 Å². The Morgan fingerprint density at radius 1 is 1.47 bits per heavy atom. The summed E-state index contributed by atoms with van der Waals surface area (Å²) < 4.78 is 38.1. The van der Waals surface area contributed by atoms with Crippen LogP contribution in [-0.2, 0) is 15.8 Å². The van der Waals surface area contributed by atoms with Gasteiger partial charge in [-0.05, 0) is 24.1 Å². The van der Waals surface area contributed by atoms with Crippen LogP contribution < -0.4 is 0 Å². The van der Waals surface area contributed by atoms with E-state index < -0.39 is 21.9 Å². The highest BCUT2D eigenvalue weighted by Gasteiger charge is 2.30. The minimum absolute atomic E-state index is 0.137. The first-order valence-corrected chi connectivity index (χ1v) is 6.98. The molecule has 1 aliphatic heterocycles. The molecule has 0 aromatic heterocycles. The molecule has 1 saturated heterocycles. The SMILES string of the molecule is O=S(=O)(Cc1cccc(F)c1)N1CC[C@@H](O)C1. The number of hydrogen-bond donors (Lipinski definition) is 1. The number of aliphatic hydroxyl groups is 1. The van der Waals surface area contributed by atoms with E-state index in [1.807, 2.05) is 0 Å². The van der Waals surface area contributed by atoms with Crippen LogP contribution in [0.15, 0.2) is 24.3 Å². The fourth-order valence-electron chi connectivity index (χ4n) is 1.89. The lowest BCUT2D eigenvalue weighted by Crippen LogP contribution is -2.30. The van der Waals surface area contributed by atoms with E-state index in [1.54, 1.807) is 6.07 Å². The molecule has 0 spiro atoms. The van der Waals surface area contributed by atoms with Crippen molar-refractivity contribution in [3.05, 3.63) is 35.6 Å². The third-order valence-corrected chi connectivity index (χ3v) is 4.57. The van der Waals surface area contributed by atoms with Crippen LogP contribution in [0.1, 0.15) is 12.0 Å². The van der Waals surface area contributed by atoms with Gasteiger partial charge in [0.05, 0.1) is 11.9 Å². The zero-order chi connectivity index (χ0) is 12.5. The molecule has 0 aliphatic carbocycles. The minimum atomic E-state index is -3.46. The van der Waals surface area contributed by atoms with E-state index in [9.17, 15) is 17.9 Å². The standard InChI is InChI=1S/C11H14FNO3S/c12-10-3-1-2-9(6-10)8-17(15,16)13-5-4-11(14)7-13/h1-3,6,11,14H,4-5,7-8H2/t11-/m1/s1. The predicted molar refractivity (Wildman–Crippen MR) is 61.2 cm³/mol. The average molecular weight is 259 g/mol. The van der Waals surface area contributed by atoms with Gasteiger partial charge in [-0.25, -0.2) is 12.8 Å². The van der Waals surface area contributed by atoms with Gasteiger partial charge in [0.25, 0.3) is 0 Å². The number of aliphatic hydroxyl groups excluding tert-OH is 1. The molecule has 2 rings (SSSR count). The minimum Gasteiger partial charge on any atom is -0.392 e. The number of halogens is 1. The van der Waals surface area contributed by atoms with Gasteiger partial charge in [-0.1, -0.05) is 12.1 Å². The van der Waals surface area contributed by atoms with Gasteiger partial charge >= 0.3 is 0 Å². The summed E-state index contributed by atoms with van der Waals surface area (Å²) in [5.41, 5.74) is 0.423. The summed E-state index contributed by atoms with van der Waals surface area (Å²) in [6.07, 6.45) is -0.125. The number of nitrogens with zero attached hydrogens (tertiary/aromatic N) is 1. The van der Waals surface area contributed by atoms with E-state index in [0.29, 0.717) is 18.5 Å². The molecular weight excluding hydrogens is 245 g/mol. The molecule has 1 aromatic carbocycles. The van der Waals surface area contributed by atoms with Crippen LogP contribution in [0.2, 0.25) is 0 Å². The van der Waals surface area contributed by atoms with Gasteiger partial charge < -0.3 is 5.11 Å². The topological polar surface area (TPSA) is 57.6 Å². The summed E-state index contributed by atoms with van der Waals surface area (Å²) in [7, 11) is -3.46. The molecule has 1 N–H and O–H groups in total. The average Bonchev–Trinajstić information content (AvgIpc) is 2.65. The second-order valence-corrected chi connectivity index (χ2v) is 6.16. The van der Waals surface area contributed by atoms with Gasteiger partial charge in [0.15, 0.2) is 0 Å². The zero-order valence-electron chi connectivity index (χ0n) is 9.21. The van der Waals surface area contributed by atoms with Crippen LogP contribution >= 0.6 is 0 Å². The van der Waals surface area contributed by atoms with Crippen LogP contribution in [0.5, 0.6) is 0 Å². The molecule has 0 bridgehead atoms. The Bertz CT molecular complexity index is 503. The van der Waals surface area contributed by atoms with Gasteiger partial charge in [0.2, 0.25) is 10.0 Å². The van der Waals surface area contributed by atoms with Crippen molar-refractivity contribution in [3.63, 3.8) is 0 Å². The Morgan fingerprint density at radius 3 is 2.82 bits per heavy atom. The summed E-state index contributed by atoms with van der Waals surface area (Å²) >= 11 is 0. The van der Waals surface area contributed by atoms with Crippen LogP contribution in [-0.4, -0.2) is 37.0 Å². The first kappa shape index (κ1) is 12.5. The van der Waals surface area contributed by atoms with Crippen molar-refractivity contribution in [1.29, 1.82) is 0 Å². The quantitative estimate of drug-likeness (QED) is 0.870. The molecule has 1 atom stereocenters. The highest BCUT2D eigenvalue weighted by molar-refractivity contribution is 7.88. The van der Waals surface area contributed by atoms with Crippen molar-refractivity contribution in [3.8, 4) is 0 Å². The molecule has 1 aromatic rings. The Balaban J connectivity index is 2.12. The normalized spacial score (nSPS) is 21.9. The molecule has 6 heteroatoms. The van der Waals surface area contributed by atoms with E-state index in [4.69, 9.17) is 0 Å². The molecule has 1 fully saturated rings. The molecule has 17 heavy (non-hydrogen) atoms. The van der Waals surface area contributed by atoms with Crippen molar-refractivity contribution in [2.45, 2.75) is 18.3 Å². The molecule has 4 nitrogen and oxygen atoms in total. The van der Waals surface area contributed by atoms with Crippen LogP contribution in [0.25, 0.3) is 0 Å². The summed E-state index contributed by atoms with van der Waals surface area (Å²) in [6.45, 7) is 0.469. The summed E-state index contributed by atoms with van der Waals surface area (Å²) in [5, 5.41) is 9.31. The third kappa shape index (κ3) is 3.02. The van der Waals surface area contributed by atoms with Crippen LogP contribution in [0.3, 0.4) is 0 Å². The summed E-state index contributed by atoms with van der Waals surface area (Å²) in [6, 6.07) is 5.55. The van der Waals surface area contributed by atoms with Crippen molar-refractivity contribution in [1.82, 2.24) is 4.31 Å². The Morgan fingerprint density at radius 2 is 2.24 bits per heavy atom. The van der Waals surface area contributed by atoms with Crippen molar-refractivity contribution >= 4 is 10.0 Å². The maximum atomic E-state index is 12.9. The highest BCUT2D eigenvalue weighted by atomic mass is 32.2. The maximum absolute atomic E-state index is 12.9. The monoisotopic (exact) mass is 259 g/mol. The first-order valence-electron chi connectivity index (χ1n) is 5.38. The van der Waals surface area contributed by atoms with Gasteiger partial charge in [-0.2, -0.15) is 4.31 Å². The Labute approximate surface area is 99.7 Å². The van der Waals surface area contributed by atoms with Crippen molar-refractivity contribution in [2.75, 3.05) is 13.1 Å². The van der Waals surface area contributed by atoms with Gasteiger partial charge in [0.1, 0.15) is 5.82 Å². The first-order chi connectivity index (χ1) is 7.97. The second kappa shape index (κ2) is 4.72. The number of β-amino-alcohol motifs (C(OH)–C–C–N with tert-alkyl or cyclic N) is 1. The van der Waals surface area contributed by atoms with E-state index in [2.05, 4.69) is 0 Å². The number of sulfonamides is 1. The van der Waals surface area contributed by atoms with Gasteiger partial charge in [-0.3, -0.25) is 0 Å². The highest BCUT2D eigenvalue weighted by Crippen LogP contribution is 2.17. The predicted octanol–water partition coefficient (Wildman–Crippen LogP) is 0.722. The lowest BCUT2D eigenvalue weighted by atomic mass is 10.2.